The lowest BCUT2D eigenvalue weighted by atomic mass is 10.0. The molecule has 0 saturated carbocycles. The summed E-state index contributed by atoms with van der Waals surface area (Å²) < 4.78 is 28.6. The number of carbonyl (C=O) groups is 1. The molecule has 3 rings (SSSR count). The van der Waals surface area contributed by atoms with Gasteiger partial charge >= 0.3 is 0 Å². The van der Waals surface area contributed by atoms with Crippen molar-refractivity contribution in [1.82, 2.24) is 14.5 Å². The smallest absolute Gasteiger partial charge is 0.267 e. The molecule has 7 heteroatoms. The summed E-state index contributed by atoms with van der Waals surface area (Å²) in [6, 6.07) is 13.5. The molecule has 0 fully saturated rings. The Morgan fingerprint density at radius 1 is 1.12 bits per heavy atom. The van der Waals surface area contributed by atoms with Crippen molar-refractivity contribution in [2.45, 2.75) is 18.7 Å². The van der Waals surface area contributed by atoms with E-state index in [1.54, 1.807) is 27.0 Å². The average molecular weight is 369 g/mol. The van der Waals surface area contributed by atoms with Crippen molar-refractivity contribution >= 4 is 32.8 Å². The molecule has 0 spiro atoms. The number of hydrogen-bond acceptors (Lipinski definition) is 4. The molecule has 0 aliphatic carbocycles. The number of benzene rings is 2. The highest BCUT2D eigenvalue weighted by Crippen LogP contribution is 2.20. The first-order valence-corrected chi connectivity index (χ1v) is 9.51. The highest BCUT2D eigenvalue weighted by atomic mass is 32.2. The second-order valence-corrected chi connectivity index (χ2v) is 7.61. The minimum Gasteiger partial charge on any atom is -0.271 e. The normalized spacial score (nSPS) is 12.0. The lowest BCUT2D eigenvalue weighted by molar-refractivity contribution is -0.114. The molecule has 0 saturated heterocycles. The van der Waals surface area contributed by atoms with Gasteiger partial charge in [0, 0.05) is 13.1 Å². The first-order chi connectivity index (χ1) is 12.3. The average Bonchev–Trinajstić information content (AvgIpc) is 2.85. The predicted octanol–water partition coefficient (Wildman–Crippen LogP) is 2.71. The zero-order chi connectivity index (χ0) is 18.9. The van der Waals surface area contributed by atoms with Gasteiger partial charge in [0.1, 0.15) is 4.90 Å². The van der Waals surface area contributed by atoms with E-state index in [1.165, 1.54) is 10.8 Å². The summed E-state index contributed by atoms with van der Waals surface area (Å²) in [6.07, 6.45) is 2.83. The highest BCUT2D eigenvalue weighted by Gasteiger charge is 2.24. The van der Waals surface area contributed by atoms with Crippen LogP contribution in [-0.2, 0) is 21.9 Å². The number of nitrogens with zero attached hydrogens (tertiary/aromatic N) is 2. The Morgan fingerprint density at radius 2 is 1.81 bits per heavy atom. The van der Waals surface area contributed by atoms with E-state index < -0.39 is 15.9 Å². The van der Waals surface area contributed by atoms with Crippen molar-refractivity contribution in [1.29, 1.82) is 0 Å². The number of aryl methyl sites for hydroxylation is 2. The largest absolute Gasteiger partial charge is 0.271 e. The molecule has 1 heterocycles. The van der Waals surface area contributed by atoms with Crippen molar-refractivity contribution in [3.05, 3.63) is 65.5 Å². The summed E-state index contributed by atoms with van der Waals surface area (Å²) >= 11 is 0. The summed E-state index contributed by atoms with van der Waals surface area (Å²) in [6.45, 7) is 3.24. The lowest BCUT2D eigenvalue weighted by Gasteiger charge is -2.05. The Labute approximate surface area is 152 Å². The molecule has 3 aromatic rings. The van der Waals surface area contributed by atoms with Gasteiger partial charge in [-0.3, -0.25) is 9.48 Å². The van der Waals surface area contributed by atoms with Crippen LogP contribution in [0.3, 0.4) is 0 Å². The fourth-order valence-corrected chi connectivity index (χ4v) is 4.31. The molecule has 1 aromatic heterocycles. The van der Waals surface area contributed by atoms with Crippen LogP contribution in [0.25, 0.3) is 16.8 Å². The van der Waals surface area contributed by atoms with Crippen LogP contribution in [0, 0.1) is 13.8 Å². The fourth-order valence-electron chi connectivity index (χ4n) is 2.92. The zero-order valence-corrected chi connectivity index (χ0v) is 15.5. The van der Waals surface area contributed by atoms with E-state index in [9.17, 15) is 13.2 Å². The number of rotatable bonds is 4. The summed E-state index contributed by atoms with van der Waals surface area (Å²) in [4.78, 5) is 12.2. The van der Waals surface area contributed by atoms with E-state index >= 15 is 0 Å². The van der Waals surface area contributed by atoms with Gasteiger partial charge in [-0.2, -0.15) is 5.10 Å². The third-order valence-corrected chi connectivity index (χ3v) is 5.78. The fraction of sp³-hybridized carbons (Fsp3) is 0.158. The van der Waals surface area contributed by atoms with Crippen LogP contribution in [0.4, 0.5) is 0 Å². The van der Waals surface area contributed by atoms with Crippen LogP contribution in [0.2, 0.25) is 0 Å². The second-order valence-electron chi connectivity index (χ2n) is 6.00. The minimum atomic E-state index is -3.98. The van der Waals surface area contributed by atoms with Crippen molar-refractivity contribution in [3.8, 4) is 0 Å². The van der Waals surface area contributed by atoms with Crippen LogP contribution in [0.1, 0.15) is 17.0 Å². The first-order valence-electron chi connectivity index (χ1n) is 8.02. The van der Waals surface area contributed by atoms with Crippen LogP contribution < -0.4 is 4.72 Å². The summed E-state index contributed by atoms with van der Waals surface area (Å²) in [5.41, 5.74) is 1.66. The van der Waals surface area contributed by atoms with E-state index in [0.717, 1.165) is 16.3 Å². The van der Waals surface area contributed by atoms with E-state index in [0.29, 0.717) is 11.4 Å². The number of sulfonamides is 1. The standard InChI is InChI=1S/C19H19N3O3S/c1-13-19(14(2)22(3)20-13)26(24,25)21-18(23)12-11-16-9-6-8-15-7-4-5-10-17(15)16/h4-12H,1-3H3,(H,21,23). The van der Waals surface area contributed by atoms with Gasteiger partial charge in [-0.25, -0.2) is 13.1 Å². The van der Waals surface area contributed by atoms with E-state index in [1.807, 2.05) is 42.5 Å². The quantitative estimate of drug-likeness (QED) is 0.717. The predicted molar refractivity (Wildman–Crippen MR) is 101 cm³/mol. The molecule has 2 aromatic carbocycles. The molecule has 0 unspecified atom stereocenters. The van der Waals surface area contributed by atoms with E-state index in [4.69, 9.17) is 0 Å². The highest BCUT2D eigenvalue weighted by molar-refractivity contribution is 7.90. The van der Waals surface area contributed by atoms with Crippen molar-refractivity contribution in [3.63, 3.8) is 0 Å². The van der Waals surface area contributed by atoms with Crippen LogP contribution >= 0.6 is 0 Å². The van der Waals surface area contributed by atoms with Crippen molar-refractivity contribution < 1.29 is 13.2 Å². The van der Waals surface area contributed by atoms with E-state index in [-0.39, 0.29) is 4.90 Å². The molecule has 1 amide bonds. The zero-order valence-electron chi connectivity index (χ0n) is 14.7. The van der Waals surface area contributed by atoms with Gasteiger partial charge in [0.15, 0.2) is 0 Å². The molecule has 0 atom stereocenters. The third kappa shape index (κ3) is 3.39. The Bertz CT molecular complexity index is 1120. The maximum absolute atomic E-state index is 12.5. The molecule has 0 aliphatic heterocycles. The number of aromatic nitrogens is 2. The number of nitrogens with one attached hydrogen (secondary N) is 1. The van der Waals surface area contributed by atoms with Crippen LogP contribution in [-0.4, -0.2) is 24.1 Å². The molecule has 0 bridgehead atoms. The number of carbonyl (C=O) groups excluding carboxylic acids is 1. The van der Waals surface area contributed by atoms with Gasteiger partial charge in [0.2, 0.25) is 0 Å². The lowest BCUT2D eigenvalue weighted by Crippen LogP contribution is -2.29. The Balaban J connectivity index is 1.85. The summed E-state index contributed by atoms with van der Waals surface area (Å²) in [5.74, 6) is -0.708. The maximum atomic E-state index is 12.5. The van der Waals surface area contributed by atoms with Crippen LogP contribution in [0.5, 0.6) is 0 Å². The molecular formula is C19H19N3O3S. The summed E-state index contributed by atoms with van der Waals surface area (Å²) in [7, 11) is -2.32. The summed E-state index contributed by atoms with van der Waals surface area (Å²) in [5, 5.41) is 6.11. The van der Waals surface area contributed by atoms with Crippen molar-refractivity contribution in [2.75, 3.05) is 0 Å². The molecule has 1 N–H and O–H groups in total. The number of hydrogen-bond donors (Lipinski definition) is 1. The third-order valence-electron chi connectivity index (χ3n) is 4.18. The molecular weight excluding hydrogens is 350 g/mol. The van der Waals surface area contributed by atoms with Crippen LogP contribution in [0.15, 0.2) is 53.4 Å². The maximum Gasteiger partial charge on any atom is 0.267 e. The van der Waals surface area contributed by atoms with Gasteiger partial charge in [-0.1, -0.05) is 42.5 Å². The number of amides is 1. The molecule has 26 heavy (non-hydrogen) atoms. The molecule has 0 radical (unpaired) electrons. The molecule has 134 valence electrons. The topological polar surface area (TPSA) is 81.1 Å². The van der Waals surface area contributed by atoms with Gasteiger partial charge in [-0.05, 0) is 36.3 Å². The number of fused-ring (bicyclic) bond motifs is 1. The van der Waals surface area contributed by atoms with E-state index in [2.05, 4.69) is 9.82 Å². The van der Waals surface area contributed by atoms with Crippen molar-refractivity contribution in [2.24, 2.45) is 7.05 Å². The molecule has 0 aliphatic rings. The molecule has 6 nitrogen and oxygen atoms in total. The first kappa shape index (κ1) is 17.9. The van der Waals surface area contributed by atoms with Gasteiger partial charge in [0.25, 0.3) is 15.9 Å². The minimum absolute atomic E-state index is 0.0342. The Kier molecular flexibility index (Phi) is 4.65. The monoisotopic (exact) mass is 369 g/mol. The second kappa shape index (κ2) is 6.76. The van der Waals surface area contributed by atoms with Gasteiger partial charge in [0.05, 0.1) is 11.4 Å². The van der Waals surface area contributed by atoms with Gasteiger partial charge < -0.3 is 0 Å². The van der Waals surface area contributed by atoms with Gasteiger partial charge in [-0.15, -0.1) is 0 Å². The Morgan fingerprint density at radius 3 is 2.50 bits per heavy atom. The SMILES string of the molecule is Cc1nn(C)c(C)c1S(=O)(=O)NC(=O)C=Cc1cccc2ccccc12. The Hall–Kier alpha value is -2.93.